The lowest BCUT2D eigenvalue weighted by Gasteiger charge is -1.98. The SMILES string of the molecule is O=C(/C=C/c1ccc(O)c(O)c1)NS. The number of amides is 1. The van der Waals surface area contributed by atoms with Gasteiger partial charge in [0, 0.05) is 6.08 Å². The molecular weight excluding hydrogens is 202 g/mol. The first kappa shape index (κ1) is 10.5. The van der Waals surface area contributed by atoms with Crippen LogP contribution in [-0.2, 0) is 4.79 Å². The molecule has 0 radical (unpaired) electrons. The standard InChI is InChI=1S/C9H9NO3S/c11-7-3-1-6(5-8(7)12)2-4-9(13)10-14/h1-5,11-12,14H,(H,10,13)/b4-2+. The predicted molar refractivity (Wildman–Crippen MR) is 55.9 cm³/mol. The number of carbonyl (C=O) groups excluding carboxylic acids is 1. The van der Waals surface area contributed by atoms with E-state index in [1.165, 1.54) is 24.3 Å². The van der Waals surface area contributed by atoms with Crippen molar-refractivity contribution < 1.29 is 15.0 Å². The molecule has 4 nitrogen and oxygen atoms in total. The zero-order valence-electron chi connectivity index (χ0n) is 7.14. The van der Waals surface area contributed by atoms with E-state index in [2.05, 4.69) is 17.5 Å². The fraction of sp³-hybridized carbons (Fsp3) is 0. The average molecular weight is 211 g/mol. The van der Waals surface area contributed by atoms with Gasteiger partial charge < -0.3 is 10.2 Å². The molecule has 0 bridgehead atoms. The van der Waals surface area contributed by atoms with E-state index >= 15 is 0 Å². The third-order valence-electron chi connectivity index (χ3n) is 1.54. The van der Waals surface area contributed by atoms with Crippen molar-refractivity contribution in [3.63, 3.8) is 0 Å². The third-order valence-corrected chi connectivity index (χ3v) is 1.76. The number of thiol groups is 1. The Kier molecular flexibility index (Phi) is 3.41. The summed E-state index contributed by atoms with van der Waals surface area (Å²) in [6, 6.07) is 4.25. The molecule has 3 N–H and O–H groups in total. The summed E-state index contributed by atoms with van der Waals surface area (Å²) in [5, 5.41) is 18.1. The lowest BCUT2D eigenvalue weighted by Crippen LogP contribution is -2.07. The topological polar surface area (TPSA) is 69.6 Å². The van der Waals surface area contributed by atoms with Gasteiger partial charge in [-0.25, -0.2) is 0 Å². The number of benzene rings is 1. The summed E-state index contributed by atoms with van der Waals surface area (Å²) in [6.07, 6.45) is 2.75. The smallest absolute Gasteiger partial charge is 0.253 e. The minimum Gasteiger partial charge on any atom is -0.504 e. The second-order valence-corrected chi connectivity index (χ2v) is 2.78. The van der Waals surface area contributed by atoms with E-state index in [0.29, 0.717) is 5.56 Å². The fourth-order valence-corrected chi connectivity index (χ4v) is 0.928. The summed E-state index contributed by atoms with van der Waals surface area (Å²) in [4.78, 5) is 10.8. The molecule has 0 fully saturated rings. The van der Waals surface area contributed by atoms with Crippen molar-refractivity contribution in [2.24, 2.45) is 0 Å². The maximum absolute atomic E-state index is 10.8. The van der Waals surface area contributed by atoms with Gasteiger partial charge in [-0.3, -0.25) is 9.52 Å². The maximum atomic E-state index is 10.8. The van der Waals surface area contributed by atoms with Crippen LogP contribution in [0.4, 0.5) is 0 Å². The highest BCUT2D eigenvalue weighted by Crippen LogP contribution is 2.25. The van der Waals surface area contributed by atoms with Gasteiger partial charge in [0.2, 0.25) is 0 Å². The number of hydrogen-bond acceptors (Lipinski definition) is 4. The van der Waals surface area contributed by atoms with Crippen LogP contribution in [0.2, 0.25) is 0 Å². The van der Waals surface area contributed by atoms with Crippen molar-refractivity contribution >= 4 is 24.8 Å². The quantitative estimate of drug-likeness (QED) is 0.336. The Morgan fingerprint density at radius 1 is 1.36 bits per heavy atom. The van der Waals surface area contributed by atoms with Gasteiger partial charge in [0.15, 0.2) is 11.5 Å². The molecule has 5 heteroatoms. The molecule has 0 aliphatic rings. The van der Waals surface area contributed by atoms with Crippen LogP contribution < -0.4 is 4.72 Å². The van der Waals surface area contributed by atoms with Crippen LogP contribution in [0.5, 0.6) is 11.5 Å². The highest BCUT2D eigenvalue weighted by Gasteiger charge is 1.98. The number of nitrogens with one attached hydrogen (secondary N) is 1. The molecule has 0 heterocycles. The van der Waals surface area contributed by atoms with E-state index < -0.39 is 0 Å². The normalized spacial score (nSPS) is 10.4. The van der Waals surface area contributed by atoms with Crippen molar-refractivity contribution in [1.82, 2.24) is 4.72 Å². The fourth-order valence-electron chi connectivity index (χ4n) is 0.853. The number of phenols is 2. The van der Waals surface area contributed by atoms with Gasteiger partial charge >= 0.3 is 0 Å². The lowest BCUT2D eigenvalue weighted by atomic mass is 10.2. The molecule has 0 saturated carbocycles. The summed E-state index contributed by atoms with van der Waals surface area (Å²) >= 11 is 3.56. The molecule has 0 spiro atoms. The monoisotopic (exact) mass is 211 g/mol. The van der Waals surface area contributed by atoms with Gasteiger partial charge in [0.25, 0.3) is 5.91 Å². The molecule has 1 rings (SSSR count). The molecule has 0 aliphatic heterocycles. The van der Waals surface area contributed by atoms with Crippen molar-refractivity contribution in [2.45, 2.75) is 0 Å². The van der Waals surface area contributed by atoms with Crippen LogP contribution >= 0.6 is 12.8 Å². The minimum atomic E-state index is -0.360. The molecule has 0 aliphatic carbocycles. The van der Waals surface area contributed by atoms with E-state index in [9.17, 15) is 4.79 Å². The Bertz CT molecular complexity index is 376. The lowest BCUT2D eigenvalue weighted by molar-refractivity contribution is -0.114. The Balaban J connectivity index is 2.83. The van der Waals surface area contributed by atoms with Crippen molar-refractivity contribution in [1.29, 1.82) is 0 Å². The van der Waals surface area contributed by atoms with E-state index in [-0.39, 0.29) is 17.4 Å². The summed E-state index contributed by atoms with van der Waals surface area (Å²) in [6.45, 7) is 0. The molecule has 0 unspecified atom stereocenters. The van der Waals surface area contributed by atoms with Crippen LogP contribution in [0.1, 0.15) is 5.56 Å². The number of phenolic OH excluding ortho intramolecular Hbond substituents is 2. The van der Waals surface area contributed by atoms with Gasteiger partial charge in [-0.2, -0.15) is 0 Å². The van der Waals surface area contributed by atoms with E-state index in [4.69, 9.17) is 10.2 Å². The minimum absolute atomic E-state index is 0.194. The third kappa shape index (κ3) is 2.70. The summed E-state index contributed by atoms with van der Waals surface area (Å²) in [5.74, 6) is -0.778. The first-order valence-corrected chi connectivity index (χ1v) is 4.22. The van der Waals surface area contributed by atoms with Gasteiger partial charge in [0.1, 0.15) is 0 Å². The molecular formula is C9H9NO3S. The van der Waals surface area contributed by atoms with Crippen molar-refractivity contribution in [3.8, 4) is 11.5 Å². The highest BCUT2D eigenvalue weighted by atomic mass is 32.1. The molecule has 1 aromatic carbocycles. The molecule has 0 atom stereocenters. The zero-order chi connectivity index (χ0) is 10.6. The Morgan fingerprint density at radius 3 is 2.64 bits per heavy atom. The summed E-state index contributed by atoms with van der Waals surface area (Å²) < 4.78 is 2.12. The predicted octanol–water partition coefficient (Wildman–Crippen LogP) is 1.07. The molecule has 0 aromatic heterocycles. The van der Waals surface area contributed by atoms with Gasteiger partial charge in [-0.05, 0) is 23.8 Å². The molecule has 1 aromatic rings. The van der Waals surface area contributed by atoms with E-state index in [0.717, 1.165) is 0 Å². The van der Waals surface area contributed by atoms with Crippen LogP contribution in [0.15, 0.2) is 24.3 Å². The number of hydrogen-bond donors (Lipinski definition) is 4. The summed E-state index contributed by atoms with van der Waals surface area (Å²) in [7, 11) is 0. The second kappa shape index (κ2) is 4.57. The van der Waals surface area contributed by atoms with Gasteiger partial charge in [-0.1, -0.05) is 18.9 Å². The average Bonchev–Trinajstić information content (AvgIpc) is 2.19. The van der Waals surface area contributed by atoms with Crippen LogP contribution in [-0.4, -0.2) is 16.1 Å². The number of rotatable bonds is 2. The van der Waals surface area contributed by atoms with Gasteiger partial charge in [-0.15, -0.1) is 0 Å². The van der Waals surface area contributed by atoms with E-state index in [1.807, 2.05) is 0 Å². The van der Waals surface area contributed by atoms with Crippen LogP contribution in [0.25, 0.3) is 6.08 Å². The number of aromatic hydroxyl groups is 2. The Morgan fingerprint density at radius 2 is 2.07 bits per heavy atom. The Labute approximate surface area is 86.4 Å². The van der Waals surface area contributed by atoms with Crippen LogP contribution in [0, 0.1) is 0 Å². The number of carbonyl (C=O) groups is 1. The van der Waals surface area contributed by atoms with Crippen molar-refractivity contribution in [2.75, 3.05) is 0 Å². The van der Waals surface area contributed by atoms with E-state index in [1.54, 1.807) is 6.07 Å². The van der Waals surface area contributed by atoms with Crippen molar-refractivity contribution in [3.05, 3.63) is 29.8 Å². The Hall–Kier alpha value is -1.62. The first-order valence-electron chi connectivity index (χ1n) is 3.77. The van der Waals surface area contributed by atoms with Crippen LogP contribution in [0.3, 0.4) is 0 Å². The first-order chi connectivity index (χ1) is 6.63. The van der Waals surface area contributed by atoms with Gasteiger partial charge in [0.05, 0.1) is 0 Å². The molecule has 74 valence electrons. The largest absolute Gasteiger partial charge is 0.504 e. The molecule has 0 saturated heterocycles. The zero-order valence-corrected chi connectivity index (χ0v) is 8.03. The maximum Gasteiger partial charge on any atom is 0.253 e. The summed E-state index contributed by atoms with van der Waals surface area (Å²) in [5.41, 5.74) is 0.609. The highest BCUT2D eigenvalue weighted by molar-refractivity contribution is 7.78. The molecule has 1 amide bonds. The second-order valence-electron chi connectivity index (χ2n) is 2.56. The molecule has 14 heavy (non-hydrogen) atoms.